The molecule has 0 aliphatic rings. The molecular weight excluding hydrogens is 305 g/mol. The summed E-state index contributed by atoms with van der Waals surface area (Å²) >= 11 is 9.25. The lowest BCUT2D eigenvalue weighted by molar-refractivity contribution is 0.437. The van der Waals surface area contributed by atoms with E-state index in [4.69, 9.17) is 11.6 Å². The van der Waals surface area contributed by atoms with Gasteiger partial charge in [0.25, 0.3) is 0 Å². The lowest BCUT2D eigenvalue weighted by Crippen LogP contribution is -2.26. The van der Waals surface area contributed by atoms with Crippen molar-refractivity contribution in [1.82, 2.24) is 5.32 Å². The van der Waals surface area contributed by atoms with Crippen molar-refractivity contribution in [2.24, 2.45) is 0 Å². The Morgan fingerprint density at radius 3 is 2.65 bits per heavy atom. The SMILES string of the molecule is CCNCCC(C)(C)c1cc(Cl)c(Br)cc1F. The van der Waals surface area contributed by atoms with Crippen molar-refractivity contribution < 1.29 is 4.39 Å². The molecule has 1 aromatic rings. The molecule has 0 aromatic heterocycles. The van der Waals surface area contributed by atoms with Gasteiger partial charge in [-0.05, 0) is 58.6 Å². The monoisotopic (exact) mass is 321 g/mol. The molecule has 0 fully saturated rings. The molecule has 0 saturated carbocycles. The van der Waals surface area contributed by atoms with Crippen molar-refractivity contribution in [1.29, 1.82) is 0 Å². The van der Waals surface area contributed by atoms with Crippen LogP contribution in [-0.4, -0.2) is 13.1 Å². The van der Waals surface area contributed by atoms with Crippen LogP contribution in [-0.2, 0) is 5.41 Å². The second-order valence-corrected chi connectivity index (χ2v) is 6.00. The number of benzene rings is 1. The molecule has 1 rings (SSSR count). The van der Waals surface area contributed by atoms with Crippen molar-refractivity contribution in [3.63, 3.8) is 0 Å². The Hall–Kier alpha value is -0.120. The minimum Gasteiger partial charge on any atom is -0.317 e. The molecule has 17 heavy (non-hydrogen) atoms. The fraction of sp³-hybridized carbons (Fsp3) is 0.538. The maximum absolute atomic E-state index is 13.9. The van der Waals surface area contributed by atoms with E-state index < -0.39 is 0 Å². The van der Waals surface area contributed by atoms with Gasteiger partial charge < -0.3 is 5.32 Å². The molecule has 0 bridgehead atoms. The number of halogens is 3. The van der Waals surface area contributed by atoms with Crippen LogP contribution in [0, 0.1) is 5.82 Å². The van der Waals surface area contributed by atoms with Crippen LogP contribution in [0.3, 0.4) is 0 Å². The zero-order valence-corrected chi connectivity index (χ0v) is 12.8. The summed E-state index contributed by atoms with van der Waals surface area (Å²) in [5.74, 6) is -0.206. The molecule has 0 radical (unpaired) electrons. The molecule has 0 amide bonds. The zero-order valence-electron chi connectivity index (χ0n) is 10.4. The number of hydrogen-bond acceptors (Lipinski definition) is 1. The van der Waals surface area contributed by atoms with Gasteiger partial charge in [0.05, 0.1) is 5.02 Å². The van der Waals surface area contributed by atoms with Gasteiger partial charge in [-0.1, -0.05) is 32.4 Å². The Morgan fingerprint density at radius 2 is 2.06 bits per heavy atom. The topological polar surface area (TPSA) is 12.0 Å². The Kier molecular flexibility index (Phi) is 5.42. The minimum absolute atomic E-state index is 0.206. The van der Waals surface area contributed by atoms with Crippen LogP contribution in [0.4, 0.5) is 4.39 Å². The first-order valence-electron chi connectivity index (χ1n) is 5.74. The maximum atomic E-state index is 13.9. The van der Waals surface area contributed by atoms with E-state index in [-0.39, 0.29) is 11.2 Å². The van der Waals surface area contributed by atoms with Gasteiger partial charge in [-0.2, -0.15) is 0 Å². The maximum Gasteiger partial charge on any atom is 0.128 e. The lowest BCUT2D eigenvalue weighted by Gasteiger charge is -2.26. The average molecular weight is 323 g/mol. The number of hydrogen-bond donors (Lipinski definition) is 1. The second-order valence-electron chi connectivity index (χ2n) is 4.73. The molecule has 0 aliphatic heterocycles. The van der Waals surface area contributed by atoms with Crippen molar-refractivity contribution in [2.45, 2.75) is 32.6 Å². The van der Waals surface area contributed by atoms with Crippen molar-refractivity contribution in [3.8, 4) is 0 Å². The first-order chi connectivity index (χ1) is 7.88. The smallest absolute Gasteiger partial charge is 0.128 e. The molecule has 1 aromatic carbocycles. The second kappa shape index (κ2) is 6.17. The number of rotatable bonds is 5. The normalized spacial score (nSPS) is 11.9. The highest BCUT2D eigenvalue weighted by atomic mass is 79.9. The van der Waals surface area contributed by atoms with Crippen LogP contribution < -0.4 is 5.32 Å². The largest absolute Gasteiger partial charge is 0.317 e. The molecule has 96 valence electrons. The summed E-state index contributed by atoms with van der Waals surface area (Å²) in [4.78, 5) is 0. The van der Waals surface area contributed by atoms with Crippen LogP contribution in [0.2, 0.25) is 5.02 Å². The predicted molar refractivity (Wildman–Crippen MR) is 75.3 cm³/mol. The first kappa shape index (κ1) is 14.9. The summed E-state index contributed by atoms with van der Waals surface area (Å²) in [5.41, 5.74) is 0.444. The van der Waals surface area contributed by atoms with E-state index in [9.17, 15) is 4.39 Å². The van der Waals surface area contributed by atoms with Crippen molar-refractivity contribution in [2.75, 3.05) is 13.1 Å². The molecule has 0 saturated heterocycles. The van der Waals surface area contributed by atoms with E-state index in [1.54, 1.807) is 6.07 Å². The summed E-state index contributed by atoms with van der Waals surface area (Å²) in [6, 6.07) is 3.15. The van der Waals surface area contributed by atoms with Crippen LogP contribution in [0.5, 0.6) is 0 Å². The molecule has 0 unspecified atom stereocenters. The standard InChI is InChI=1S/C13H18BrClFN/c1-4-17-6-5-13(2,3)9-7-11(15)10(14)8-12(9)16/h7-8,17H,4-6H2,1-3H3. The minimum atomic E-state index is -0.226. The Bertz CT molecular complexity index is 393. The summed E-state index contributed by atoms with van der Waals surface area (Å²) in [6.45, 7) is 7.93. The molecular formula is C13H18BrClFN. The first-order valence-corrected chi connectivity index (χ1v) is 6.91. The molecule has 0 atom stereocenters. The highest BCUT2D eigenvalue weighted by Crippen LogP contribution is 2.34. The van der Waals surface area contributed by atoms with Gasteiger partial charge >= 0.3 is 0 Å². The van der Waals surface area contributed by atoms with E-state index in [2.05, 4.69) is 28.2 Å². The summed E-state index contributed by atoms with van der Waals surface area (Å²) < 4.78 is 14.5. The average Bonchev–Trinajstić information content (AvgIpc) is 2.23. The summed E-state index contributed by atoms with van der Waals surface area (Å²) in [6.07, 6.45) is 0.871. The van der Waals surface area contributed by atoms with E-state index >= 15 is 0 Å². The third-order valence-electron chi connectivity index (χ3n) is 2.92. The Labute approximate surface area is 116 Å². The van der Waals surface area contributed by atoms with Gasteiger partial charge in [-0.25, -0.2) is 4.39 Å². The highest BCUT2D eigenvalue weighted by Gasteiger charge is 2.24. The lowest BCUT2D eigenvalue weighted by atomic mass is 9.81. The highest BCUT2D eigenvalue weighted by molar-refractivity contribution is 9.10. The van der Waals surface area contributed by atoms with Gasteiger partial charge in [0.2, 0.25) is 0 Å². The van der Waals surface area contributed by atoms with E-state index in [1.165, 1.54) is 6.07 Å². The Balaban J connectivity index is 2.93. The van der Waals surface area contributed by atoms with Gasteiger partial charge in [-0.3, -0.25) is 0 Å². The van der Waals surface area contributed by atoms with Crippen LogP contribution in [0.25, 0.3) is 0 Å². The van der Waals surface area contributed by atoms with Crippen molar-refractivity contribution >= 4 is 27.5 Å². The van der Waals surface area contributed by atoms with Crippen molar-refractivity contribution in [3.05, 3.63) is 33.0 Å². The molecule has 1 N–H and O–H groups in total. The molecule has 4 heteroatoms. The predicted octanol–water partition coefficient (Wildman–Crippen LogP) is 4.52. The fourth-order valence-corrected chi connectivity index (χ4v) is 2.23. The summed E-state index contributed by atoms with van der Waals surface area (Å²) in [5, 5.41) is 3.81. The molecule has 0 spiro atoms. The Morgan fingerprint density at radius 1 is 1.41 bits per heavy atom. The zero-order chi connectivity index (χ0) is 13.1. The van der Waals surface area contributed by atoms with Gasteiger partial charge in [0.1, 0.15) is 5.82 Å². The van der Waals surface area contributed by atoms with Crippen LogP contribution >= 0.6 is 27.5 Å². The van der Waals surface area contributed by atoms with E-state index in [0.29, 0.717) is 15.1 Å². The van der Waals surface area contributed by atoms with Gasteiger partial charge in [0, 0.05) is 4.47 Å². The third-order valence-corrected chi connectivity index (χ3v) is 4.11. The third kappa shape index (κ3) is 3.94. The van der Waals surface area contributed by atoms with Crippen LogP contribution in [0.1, 0.15) is 32.8 Å². The quantitative estimate of drug-likeness (QED) is 0.621. The van der Waals surface area contributed by atoms with E-state index in [1.807, 2.05) is 13.8 Å². The van der Waals surface area contributed by atoms with E-state index in [0.717, 1.165) is 19.5 Å². The number of nitrogens with one attached hydrogen (secondary N) is 1. The molecule has 0 aliphatic carbocycles. The molecule has 0 heterocycles. The van der Waals surface area contributed by atoms with Gasteiger partial charge in [0.15, 0.2) is 0 Å². The van der Waals surface area contributed by atoms with Gasteiger partial charge in [-0.15, -0.1) is 0 Å². The summed E-state index contributed by atoms with van der Waals surface area (Å²) in [7, 11) is 0. The fourth-order valence-electron chi connectivity index (χ4n) is 1.75. The molecule has 1 nitrogen and oxygen atoms in total. The van der Waals surface area contributed by atoms with Crippen LogP contribution in [0.15, 0.2) is 16.6 Å².